The fraction of sp³-hybridized carbons (Fsp3) is 0.875. The lowest BCUT2D eigenvalue weighted by molar-refractivity contribution is 0.0325. The van der Waals surface area contributed by atoms with E-state index < -0.39 is 5.60 Å². The van der Waals surface area contributed by atoms with Gasteiger partial charge in [0.2, 0.25) is 0 Å². The third-order valence-electron chi connectivity index (χ3n) is 5.92. The highest BCUT2D eigenvalue weighted by Crippen LogP contribution is 2.65. The number of halogens is 1. The predicted molar refractivity (Wildman–Crippen MR) is 75.7 cm³/mol. The van der Waals surface area contributed by atoms with Crippen LogP contribution in [0.3, 0.4) is 0 Å². The Labute approximate surface area is 116 Å². The van der Waals surface area contributed by atoms with Gasteiger partial charge in [0.25, 0.3) is 0 Å². The minimum Gasteiger partial charge on any atom is -0.384 e. The van der Waals surface area contributed by atoms with Crippen LogP contribution < -0.4 is 0 Å². The van der Waals surface area contributed by atoms with Gasteiger partial charge in [0, 0.05) is 0 Å². The third kappa shape index (κ3) is 1.70. The molecule has 3 aliphatic carbocycles. The Bertz CT molecular complexity index is 387. The van der Waals surface area contributed by atoms with Gasteiger partial charge >= 0.3 is 0 Å². The van der Waals surface area contributed by atoms with Gasteiger partial charge in [0.1, 0.15) is 5.60 Å². The van der Waals surface area contributed by atoms with Gasteiger partial charge in [-0.1, -0.05) is 39.7 Å². The topological polar surface area (TPSA) is 20.2 Å². The summed E-state index contributed by atoms with van der Waals surface area (Å²) >= 11 is 6.46. The van der Waals surface area contributed by atoms with Crippen LogP contribution in [0.25, 0.3) is 0 Å². The van der Waals surface area contributed by atoms with E-state index in [-0.39, 0.29) is 5.38 Å². The molecular weight excluding hydrogens is 244 g/mol. The van der Waals surface area contributed by atoms with Crippen LogP contribution in [-0.2, 0) is 0 Å². The molecule has 0 heterocycles. The molecule has 102 valence electrons. The molecule has 3 aliphatic rings. The zero-order valence-corrected chi connectivity index (χ0v) is 12.5. The molecule has 2 saturated carbocycles. The van der Waals surface area contributed by atoms with E-state index >= 15 is 0 Å². The number of hydrogen-bond acceptors (Lipinski definition) is 1. The van der Waals surface area contributed by atoms with Crippen LogP contribution >= 0.6 is 11.6 Å². The number of rotatable bonds is 1. The lowest BCUT2D eigenvalue weighted by Gasteiger charge is -2.42. The summed E-state index contributed by atoms with van der Waals surface area (Å²) in [4.78, 5) is 0. The second-order valence-electron chi connectivity index (χ2n) is 7.35. The fourth-order valence-corrected chi connectivity index (χ4v) is 4.83. The first-order chi connectivity index (χ1) is 8.37. The van der Waals surface area contributed by atoms with Crippen molar-refractivity contribution in [3.05, 3.63) is 11.6 Å². The number of aliphatic hydroxyl groups is 1. The normalized spacial score (nSPS) is 50.4. The molecule has 0 spiro atoms. The standard InChI is InChI=1S/C16H25ClO/c1-10-8-12-13(15(12,2)3)9-11(10)16(18)7-5-4-6-14(16)17/h9-10,12-14,18H,4-8H2,1-3H3/t10-,12-,13+,14-,16-/m1/s1. The number of hydrogen-bond donors (Lipinski definition) is 1. The third-order valence-corrected chi connectivity index (χ3v) is 6.50. The quantitative estimate of drug-likeness (QED) is 0.560. The minimum atomic E-state index is -0.719. The van der Waals surface area contributed by atoms with Gasteiger partial charge in [0.15, 0.2) is 0 Å². The first-order valence-electron chi connectivity index (χ1n) is 7.46. The molecule has 0 radical (unpaired) electrons. The van der Waals surface area contributed by atoms with Crippen molar-refractivity contribution in [3.63, 3.8) is 0 Å². The Morgan fingerprint density at radius 2 is 2.06 bits per heavy atom. The monoisotopic (exact) mass is 268 g/mol. The second-order valence-corrected chi connectivity index (χ2v) is 7.88. The van der Waals surface area contributed by atoms with Crippen molar-refractivity contribution in [2.75, 3.05) is 0 Å². The molecule has 0 aliphatic heterocycles. The maximum absolute atomic E-state index is 11.0. The van der Waals surface area contributed by atoms with Crippen LogP contribution in [0.15, 0.2) is 11.6 Å². The molecule has 0 saturated heterocycles. The van der Waals surface area contributed by atoms with Gasteiger partial charge in [-0.15, -0.1) is 11.6 Å². The summed E-state index contributed by atoms with van der Waals surface area (Å²) in [5.41, 5.74) is 0.986. The van der Waals surface area contributed by atoms with Crippen molar-refractivity contribution in [2.24, 2.45) is 23.2 Å². The zero-order valence-electron chi connectivity index (χ0n) is 11.7. The molecule has 5 atom stereocenters. The molecule has 3 rings (SSSR count). The van der Waals surface area contributed by atoms with Gasteiger partial charge in [-0.2, -0.15) is 0 Å². The zero-order chi connectivity index (χ0) is 13.1. The molecule has 18 heavy (non-hydrogen) atoms. The van der Waals surface area contributed by atoms with Crippen LogP contribution in [0.1, 0.15) is 52.9 Å². The van der Waals surface area contributed by atoms with Crippen molar-refractivity contribution in [1.82, 2.24) is 0 Å². The molecule has 2 fully saturated rings. The molecule has 2 heteroatoms. The highest BCUT2D eigenvalue weighted by atomic mass is 35.5. The van der Waals surface area contributed by atoms with Crippen LogP contribution in [0.2, 0.25) is 0 Å². The average Bonchev–Trinajstić information content (AvgIpc) is 2.84. The van der Waals surface area contributed by atoms with Gasteiger partial charge in [-0.05, 0) is 48.0 Å². The summed E-state index contributed by atoms with van der Waals surface area (Å²) < 4.78 is 0. The number of allylic oxidation sites excluding steroid dienone is 1. The summed E-state index contributed by atoms with van der Waals surface area (Å²) in [7, 11) is 0. The van der Waals surface area contributed by atoms with Crippen molar-refractivity contribution in [1.29, 1.82) is 0 Å². The lowest BCUT2D eigenvalue weighted by Crippen LogP contribution is -2.45. The molecule has 0 aromatic carbocycles. The van der Waals surface area contributed by atoms with Crippen molar-refractivity contribution in [2.45, 2.75) is 63.9 Å². The molecule has 0 aromatic rings. The summed E-state index contributed by atoms with van der Waals surface area (Å²) in [6, 6.07) is 0. The van der Waals surface area contributed by atoms with Gasteiger partial charge in [0.05, 0.1) is 5.38 Å². The van der Waals surface area contributed by atoms with E-state index in [9.17, 15) is 5.11 Å². The minimum absolute atomic E-state index is 0.0848. The maximum atomic E-state index is 11.0. The number of alkyl halides is 1. The van der Waals surface area contributed by atoms with Crippen molar-refractivity contribution >= 4 is 11.6 Å². The van der Waals surface area contributed by atoms with Crippen LogP contribution in [0.4, 0.5) is 0 Å². The van der Waals surface area contributed by atoms with E-state index in [0.717, 1.165) is 31.6 Å². The molecule has 0 bridgehead atoms. The maximum Gasteiger partial charge on any atom is 0.102 e. The first-order valence-corrected chi connectivity index (χ1v) is 7.89. The van der Waals surface area contributed by atoms with E-state index in [1.54, 1.807) is 0 Å². The first kappa shape index (κ1) is 13.0. The molecule has 1 nitrogen and oxygen atoms in total. The summed E-state index contributed by atoms with van der Waals surface area (Å²) in [5.74, 6) is 2.01. The Morgan fingerprint density at radius 3 is 2.72 bits per heavy atom. The van der Waals surface area contributed by atoms with Crippen molar-refractivity contribution in [3.8, 4) is 0 Å². The predicted octanol–water partition coefficient (Wildman–Crippen LogP) is 4.14. The summed E-state index contributed by atoms with van der Waals surface area (Å²) in [6.45, 7) is 6.99. The van der Waals surface area contributed by atoms with Gasteiger partial charge in [-0.3, -0.25) is 0 Å². The molecule has 0 aromatic heterocycles. The molecule has 1 N–H and O–H groups in total. The Kier molecular flexibility index (Phi) is 2.88. The summed E-state index contributed by atoms with van der Waals surface area (Å²) in [5, 5.41) is 11.0. The van der Waals surface area contributed by atoms with Gasteiger partial charge in [-0.25, -0.2) is 0 Å². The van der Waals surface area contributed by atoms with E-state index in [4.69, 9.17) is 11.6 Å². The smallest absolute Gasteiger partial charge is 0.102 e. The fourth-order valence-electron chi connectivity index (χ4n) is 4.44. The largest absolute Gasteiger partial charge is 0.384 e. The molecule has 0 amide bonds. The highest BCUT2D eigenvalue weighted by Gasteiger charge is 2.60. The van der Waals surface area contributed by atoms with Crippen LogP contribution in [0, 0.1) is 23.2 Å². The van der Waals surface area contributed by atoms with E-state index in [1.807, 2.05) is 0 Å². The molecular formula is C16H25ClO. The van der Waals surface area contributed by atoms with E-state index in [2.05, 4.69) is 26.8 Å². The second kappa shape index (κ2) is 3.99. The van der Waals surface area contributed by atoms with Crippen LogP contribution in [-0.4, -0.2) is 16.1 Å². The summed E-state index contributed by atoms with van der Waals surface area (Å²) in [6.07, 6.45) is 7.71. The molecule has 0 unspecified atom stereocenters. The Morgan fingerprint density at radius 1 is 1.33 bits per heavy atom. The number of fused-ring (bicyclic) bond motifs is 1. The van der Waals surface area contributed by atoms with E-state index in [1.165, 1.54) is 12.0 Å². The van der Waals surface area contributed by atoms with Crippen molar-refractivity contribution < 1.29 is 5.11 Å². The Hall–Kier alpha value is -0.0100. The highest BCUT2D eigenvalue weighted by molar-refractivity contribution is 6.21. The lowest BCUT2D eigenvalue weighted by atomic mass is 9.71. The van der Waals surface area contributed by atoms with Gasteiger partial charge < -0.3 is 5.11 Å². The van der Waals surface area contributed by atoms with Crippen LogP contribution in [0.5, 0.6) is 0 Å². The SMILES string of the molecule is C[C@@H]1C[C@@H]2[C@H](C=C1[C@]1(O)CCCC[C@H]1Cl)C2(C)C. The average molecular weight is 269 g/mol. The van der Waals surface area contributed by atoms with E-state index in [0.29, 0.717) is 17.3 Å². The Balaban J connectivity index is 1.91.